The van der Waals surface area contributed by atoms with Gasteiger partial charge >= 0.3 is 6.18 Å². The number of anilines is 1. The molecule has 2 N–H and O–H groups in total. The lowest BCUT2D eigenvalue weighted by Gasteiger charge is -2.30. The van der Waals surface area contributed by atoms with Crippen molar-refractivity contribution in [2.24, 2.45) is 5.92 Å². The van der Waals surface area contributed by atoms with E-state index in [0.29, 0.717) is 50.7 Å². The normalized spacial score (nSPS) is 20.3. The van der Waals surface area contributed by atoms with Crippen LogP contribution in [0.2, 0.25) is 0 Å². The number of fused-ring (bicyclic) bond motifs is 2. The van der Waals surface area contributed by atoms with Gasteiger partial charge < -0.3 is 23.5 Å². The maximum absolute atomic E-state index is 13.5. The van der Waals surface area contributed by atoms with E-state index < -0.39 is 47.3 Å². The first-order valence-electron chi connectivity index (χ1n) is 22.4. The summed E-state index contributed by atoms with van der Waals surface area (Å²) >= 11 is 0. The Bertz CT molecular complexity index is 2390. The number of imidazole rings is 1. The number of benzene rings is 3. The van der Waals surface area contributed by atoms with Gasteiger partial charge in [-0.15, -0.1) is 0 Å². The molecule has 4 heterocycles. The quantitative estimate of drug-likeness (QED) is 0.0765. The van der Waals surface area contributed by atoms with Gasteiger partial charge in [0.1, 0.15) is 18.4 Å². The molecule has 2 saturated heterocycles. The molecular weight excluding hydrogens is 862 g/mol. The van der Waals surface area contributed by atoms with E-state index in [1.54, 1.807) is 6.07 Å². The van der Waals surface area contributed by atoms with Gasteiger partial charge in [0.05, 0.1) is 60.8 Å². The predicted molar refractivity (Wildman–Crippen MR) is 237 cm³/mol. The molecule has 354 valence electrons. The van der Waals surface area contributed by atoms with Gasteiger partial charge in [-0.2, -0.15) is 13.2 Å². The third-order valence-electron chi connectivity index (χ3n) is 12.5. The highest BCUT2D eigenvalue weighted by molar-refractivity contribution is 6.23. The van der Waals surface area contributed by atoms with Crippen molar-refractivity contribution in [3.8, 4) is 5.75 Å². The molecule has 1 unspecified atom stereocenters. The average Bonchev–Trinajstić information content (AvgIpc) is 3.77. The van der Waals surface area contributed by atoms with Crippen molar-refractivity contribution < 1.29 is 56.1 Å². The fourth-order valence-electron chi connectivity index (χ4n) is 9.10. The highest BCUT2D eigenvalue weighted by Gasteiger charge is 2.45. The number of amides is 5. The zero-order valence-electron chi connectivity index (χ0n) is 36.0. The molecule has 1 aliphatic carbocycles. The highest BCUT2D eigenvalue weighted by atomic mass is 19.4. The predicted octanol–water partition coefficient (Wildman–Crippen LogP) is 7.19. The fraction of sp³-hybridized carbons (Fsp3) is 0.500. The van der Waals surface area contributed by atoms with Crippen molar-refractivity contribution in [1.82, 2.24) is 24.7 Å². The summed E-state index contributed by atoms with van der Waals surface area (Å²) in [5.41, 5.74) is 2.06. The molecule has 18 heteroatoms. The van der Waals surface area contributed by atoms with Crippen LogP contribution < -0.4 is 15.4 Å². The summed E-state index contributed by atoms with van der Waals surface area (Å²) in [5, 5.41) is 5.03. The third-order valence-corrected chi connectivity index (χ3v) is 12.5. The lowest BCUT2D eigenvalue weighted by Crippen LogP contribution is -2.54. The first kappa shape index (κ1) is 48.2. The van der Waals surface area contributed by atoms with Gasteiger partial charge in [-0.3, -0.25) is 44.4 Å². The Morgan fingerprint density at radius 3 is 2.23 bits per heavy atom. The van der Waals surface area contributed by atoms with Crippen LogP contribution in [0.4, 0.5) is 19.1 Å². The molecule has 0 spiro atoms. The van der Waals surface area contributed by atoms with Crippen LogP contribution in [0.25, 0.3) is 11.0 Å². The molecule has 3 aromatic carbocycles. The van der Waals surface area contributed by atoms with Crippen LogP contribution in [0.15, 0.2) is 60.7 Å². The van der Waals surface area contributed by atoms with Crippen molar-refractivity contribution in [1.29, 1.82) is 0 Å². The van der Waals surface area contributed by atoms with Crippen LogP contribution in [0.3, 0.4) is 0 Å². The summed E-state index contributed by atoms with van der Waals surface area (Å²) in [6, 6.07) is 14.1. The number of nitrogens with zero attached hydrogens (tertiary/aromatic N) is 4. The number of hydrogen-bond acceptors (Lipinski definition) is 11. The molecular formula is C48H57F3N6O9. The van der Waals surface area contributed by atoms with Crippen LogP contribution >= 0.6 is 0 Å². The second-order valence-electron chi connectivity index (χ2n) is 17.0. The zero-order valence-corrected chi connectivity index (χ0v) is 36.0. The topological polar surface area (TPSA) is 171 Å². The van der Waals surface area contributed by atoms with E-state index in [1.807, 2.05) is 10.6 Å². The molecule has 0 radical (unpaired) electrons. The standard InChI is InChI=1S/C47H53F3N6O9.CH4/c48-47(49,50)33-6-4-5-32(26-33)42(58)53-46-51-38-25-31(28-54-17-2-1-3-18-54)9-14-39(38)55(46)34-10-7-30(8-11-34)29-64-22-21-62-19-20-63-23-24-65-35-12-13-36-37(27-35)45(61)56(44(36)60)40-15-16-41(57)52-43(40)59;/h4-6,9,12-14,25-27,30,34,40H,1-3,7-8,10-11,15-24,28-29H2,(H,51,53,58)(H,52,57,59);1H4. The number of halogens is 3. The molecule has 8 rings (SSSR count). The van der Waals surface area contributed by atoms with Crippen molar-refractivity contribution >= 4 is 46.5 Å². The number of rotatable bonds is 18. The second-order valence-corrected chi connectivity index (χ2v) is 17.0. The Morgan fingerprint density at radius 2 is 1.50 bits per heavy atom. The Labute approximate surface area is 381 Å². The van der Waals surface area contributed by atoms with E-state index >= 15 is 0 Å². The molecule has 4 aliphatic rings. The highest BCUT2D eigenvalue weighted by Crippen LogP contribution is 2.38. The summed E-state index contributed by atoms with van der Waals surface area (Å²) < 4.78 is 65.4. The van der Waals surface area contributed by atoms with Crippen molar-refractivity contribution in [3.05, 3.63) is 88.5 Å². The lowest BCUT2D eigenvalue weighted by molar-refractivity contribution is -0.138. The van der Waals surface area contributed by atoms with Crippen LogP contribution in [-0.4, -0.2) is 114 Å². The smallest absolute Gasteiger partial charge is 0.416 e. The lowest BCUT2D eigenvalue weighted by atomic mass is 9.86. The number of carbonyl (C=O) groups is 5. The molecule has 1 aromatic heterocycles. The molecule has 5 amide bonds. The Balaban J connectivity index is 0.00000648. The van der Waals surface area contributed by atoms with Crippen molar-refractivity contribution in [2.45, 2.75) is 90.0 Å². The molecule has 66 heavy (non-hydrogen) atoms. The molecule has 3 aliphatic heterocycles. The van der Waals surface area contributed by atoms with Gasteiger partial charge in [-0.05, 0) is 118 Å². The Morgan fingerprint density at radius 1 is 0.788 bits per heavy atom. The fourth-order valence-corrected chi connectivity index (χ4v) is 9.10. The van der Waals surface area contributed by atoms with Crippen LogP contribution in [0.5, 0.6) is 5.75 Å². The van der Waals surface area contributed by atoms with Crippen molar-refractivity contribution in [3.63, 3.8) is 0 Å². The van der Waals surface area contributed by atoms with Crippen LogP contribution in [0.1, 0.15) is 113 Å². The zero-order chi connectivity index (χ0) is 45.5. The minimum atomic E-state index is -4.57. The number of alkyl halides is 3. The number of likely N-dealkylation sites (tertiary alicyclic amines) is 1. The van der Waals surface area contributed by atoms with E-state index in [-0.39, 0.29) is 56.2 Å². The number of ether oxygens (including phenoxy) is 4. The summed E-state index contributed by atoms with van der Waals surface area (Å²) in [4.78, 5) is 71.4. The minimum Gasteiger partial charge on any atom is -0.491 e. The van der Waals surface area contributed by atoms with E-state index in [2.05, 4.69) is 27.7 Å². The molecule has 3 fully saturated rings. The first-order chi connectivity index (χ1) is 31.4. The van der Waals surface area contributed by atoms with Crippen LogP contribution in [-0.2, 0) is 36.5 Å². The largest absolute Gasteiger partial charge is 0.491 e. The number of hydrogen-bond donors (Lipinski definition) is 2. The van der Waals surface area contributed by atoms with Gasteiger partial charge in [-0.25, -0.2) is 4.98 Å². The number of carbonyl (C=O) groups excluding carboxylic acids is 5. The minimum absolute atomic E-state index is 0. The molecule has 4 aromatic rings. The van der Waals surface area contributed by atoms with E-state index in [4.69, 9.17) is 23.9 Å². The average molecular weight is 919 g/mol. The number of imide groups is 2. The first-order valence-corrected chi connectivity index (χ1v) is 22.4. The van der Waals surface area contributed by atoms with Gasteiger partial charge in [0.2, 0.25) is 17.8 Å². The van der Waals surface area contributed by atoms with Crippen molar-refractivity contribution in [2.75, 3.05) is 64.7 Å². The van der Waals surface area contributed by atoms with E-state index in [9.17, 15) is 37.1 Å². The molecule has 15 nitrogen and oxygen atoms in total. The van der Waals surface area contributed by atoms with Gasteiger partial charge in [0.25, 0.3) is 17.7 Å². The van der Waals surface area contributed by atoms with Crippen LogP contribution in [0, 0.1) is 5.92 Å². The van der Waals surface area contributed by atoms with E-state index in [0.717, 1.165) is 78.9 Å². The SMILES string of the molecule is C.O=C1CCC(N2C(=O)c3ccc(OCCOCCOCCOCC4CCC(n5c(NC(=O)c6cccc(C(F)(F)F)c6)nc6cc(CN7CCCCC7)ccc65)CC4)cc3C2=O)C(=O)N1. The molecule has 0 bridgehead atoms. The maximum atomic E-state index is 13.5. The maximum Gasteiger partial charge on any atom is 0.416 e. The second kappa shape index (κ2) is 21.7. The Hall–Kier alpha value is -5.69. The Kier molecular flexibility index (Phi) is 15.9. The summed E-state index contributed by atoms with van der Waals surface area (Å²) in [7, 11) is 0. The van der Waals surface area contributed by atoms with Gasteiger partial charge in [0, 0.05) is 31.2 Å². The van der Waals surface area contributed by atoms with Gasteiger partial charge in [0.15, 0.2) is 0 Å². The number of nitrogens with one attached hydrogen (secondary N) is 2. The summed E-state index contributed by atoms with van der Waals surface area (Å²) in [6.45, 7) is 5.42. The summed E-state index contributed by atoms with van der Waals surface area (Å²) in [6.07, 6.45) is 2.54. The number of aromatic nitrogens is 2. The monoisotopic (exact) mass is 918 g/mol. The number of piperidine rings is 2. The summed E-state index contributed by atoms with van der Waals surface area (Å²) in [5.74, 6) is -1.91. The molecule has 1 atom stereocenters. The van der Waals surface area contributed by atoms with Gasteiger partial charge in [-0.1, -0.05) is 26.0 Å². The third kappa shape index (κ3) is 11.5. The molecule has 1 saturated carbocycles. The van der Waals surface area contributed by atoms with E-state index in [1.165, 1.54) is 43.5 Å².